The molecule has 0 aromatic heterocycles. The lowest BCUT2D eigenvalue weighted by Gasteiger charge is -2.28. The van der Waals surface area contributed by atoms with Crippen molar-refractivity contribution in [2.75, 3.05) is 33.5 Å². The summed E-state index contributed by atoms with van der Waals surface area (Å²) < 4.78 is 21.2. The third-order valence-electron chi connectivity index (χ3n) is 3.27. The van der Waals surface area contributed by atoms with Crippen molar-refractivity contribution in [3.8, 4) is 0 Å². The number of carbonyl (C=O) groups is 2. The maximum atomic E-state index is 11.8. The fourth-order valence-corrected chi connectivity index (χ4v) is 2.87. The highest BCUT2D eigenvalue weighted by Gasteiger charge is 2.25. The molecule has 0 radical (unpaired) electrons. The third kappa shape index (κ3) is 5.07. The molecule has 20 heavy (non-hydrogen) atoms. The maximum Gasteiger partial charge on any atom is 0.407 e. The highest BCUT2D eigenvalue weighted by molar-refractivity contribution is 7.54. The molecule has 8 heteroatoms. The van der Waals surface area contributed by atoms with Gasteiger partial charge in [0.15, 0.2) is 5.78 Å². The molecule has 1 aliphatic heterocycles. The molecule has 1 aliphatic rings. The molecule has 1 saturated heterocycles. The number of hydrogen-bond acceptors (Lipinski definition) is 5. The molecule has 0 unspecified atom stereocenters. The molecule has 1 fully saturated rings. The topological polar surface area (TPSA) is 93.1 Å². The van der Waals surface area contributed by atoms with Crippen molar-refractivity contribution >= 4 is 19.5 Å². The Hall–Kier alpha value is -1.17. The monoisotopic (exact) mass is 305 g/mol. The van der Waals surface area contributed by atoms with Gasteiger partial charge in [-0.05, 0) is 24.8 Å². The minimum atomic E-state index is -3.32. The molecular formula is C12H20NO6P. The predicted octanol–water partition coefficient (Wildman–Crippen LogP) is 1.99. The number of nitrogens with zero attached hydrogens (tertiary/aromatic N) is 1. The average Bonchev–Trinajstić information content (AvgIpc) is 2.45. The molecule has 7 nitrogen and oxygen atoms in total. The van der Waals surface area contributed by atoms with E-state index in [1.807, 2.05) is 0 Å². The zero-order valence-corrected chi connectivity index (χ0v) is 12.5. The van der Waals surface area contributed by atoms with Gasteiger partial charge in [-0.3, -0.25) is 9.36 Å². The molecule has 0 saturated carbocycles. The molecule has 114 valence electrons. The van der Waals surface area contributed by atoms with Crippen LogP contribution in [0.1, 0.15) is 12.8 Å². The summed E-state index contributed by atoms with van der Waals surface area (Å²) in [4.78, 5) is 23.8. The van der Waals surface area contributed by atoms with Crippen molar-refractivity contribution < 1.29 is 28.3 Å². The zero-order chi connectivity index (χ0) is 15.2. The van der Waals surface area contributed by atoms with Gasteiger partial charge in [-0.25, -0.2) is 4.79 Å². The largest absolute Gasteiger partial charge is 0.465 e. The lowest BCUT2D eigenvalue weighted by Crippen LogP contribution is -2.37. The fourth-order valence-electron chi connectivity index (χ4n) is 1.97. The molecule has 0 bridgehead atoms. The number of rotatable bonds is 6. The Bertz CT molecular complexity index is 420. The van der Waals surface area contributed by atoms with Crippen LogP contribution in [0.5, 0.6) is 0 Å². The molecule has 0 spiro atoms. The van der Waals surface area contributed by atoms with Crippen molar-refractivity contribution in [1.82, 2.24) is 4.90 Å². The molecule has 1 amide bonds. The number of amides is 1. The van der Waals surface area contributed by atoms with Crippen LogP contribution in [-0.2, 0) is 18.4 Å². The summed E-state index contributed by atoms with van der Waals surface area (Å²) in [5.74, 6) is -0.156. The van der Waals surface area contributed by atoms with Crippen LogP contribution >= 0.6 is 7.60 Å². The van der Waals surface area contributed by atoms with Crippen LogP contribution in [0.25, 0.3) is 0 Å². The van der Waals surface area contributed by atoms with Gasteiger partial charge in [0.2, 0.25) is 0 Å². The Kier molecular flexibility index (Phi) is 6.39. The van der Waals surface area contributed by atoms with Gasteiger partial charge in [-0.1, -0.05) is 6.08 Å². The number of carbonyl (C=O) groups excluding carboxylic acids is 1. The van der Waals surface area contributed by atoms with Gasteiger partial charge >= 0.3 is 13.7 Å². The maximum absolute atomic E-state index is 11.8. The summed E-state index contributed by atoms with van der Waals surface area (Å²) in [7, 11) is -0.839. The summed E-state index contributed by atoms with van der Waals surface area (Å²) in [6.07, 6.45) is 3.29. The van der Waals surface area contributed by atoms with E-state index in [-0.39, 0.29) is 17.9 Å². The average molecular weight is 305 g/mol. The van der Waals surface area contributed by atoms with Gasteiger partial charge in [0.05, 0.1) is 0 Å². The molecule has 1 heterocycles. The van der Waals surface area contributed by atoms with E-state index in [4.69, 9.17) is 14.2 Å². The van der Waals surface area contributed by atoms with Crippen LogP contribution in [0.2, 0.25) is 0 Å². The van der Waals surface area contributed by atoms with E-state index in [9.17, 15) is 14.2 Å². The van der Waals surface area contributed by atoms with Crippen LogP contribution in [0.15, 0.2) is 12.2 Å². The highest BCUT2D eigenvalue weighted by Crippen LogP contribution is 2.46. The first kappa shape index (κ1) is 16.9. The Morgan fingerprint density at radius 1 is 1.30 bits per heavy atom. The zero-order valence-electron chi connectivity index (χ0n) is 11.7. The van der Waals surface area contributed by atoms with E-state index < -0.39 is 13.7 Å². The first-order chi connectivity index (χ1) is 9.40. The number of hydrogen-bond donors (Lipinski definition) is 1. The molecule has 1 rings (SSSR count). The van der Waals surface area contributed by atoms with Gasteiger partial charge in [0.25, 0.3) is 0 Å². The summed E-state index contributed by atoms with van der Waals surface area (Å²) >= 11 is 0. The van der Waals surface area contributed by atoms with E-state index in [1.165, 1.54) is 25.2 Å². The minimum absolute atomic E-state index is 0.166. The molecule has 0 aliphatic carbocycles. The van der Waals surface area contributed by atoms with E-state index in [0.29, 0.717) is 25.9 Å². The van der Waals surface area contributed by atoms with Crippen molar-refractivity contribution in [2.24, 2.45) is 5.92 Å². The standard InChI is InChI=1S/C12H20NO6P/c1-18-20(17,19-2)9-11(14)4-3-10-5-7-13(8-6-10)12(15)16/h3-4,10H,5-9H2,1-2H3,(H,15,16)/b4-3+. The van der Waals surface area contributed by atoms with Crippen molar-refractivity contribution in [3.63, 3.8) is 0 Å². The Labute approximate surface area is 118 Å². The van der Waals surface area contributed by atoms with Crippen molar-refractivity contribution in [2.45, 2.75) is 12.8 Å². The number of ketones is 1. The highest BCUT2D eigenvalue weighted by atomic mass is 31.2. The van der Waals surface area contributed by atoms with Crippen LogP contribution < -0.4 is 0 Å². The van der Waals surface area contributed by atoms with Gasteiger partial charge < -0.3 is 19.1 Å². The first-order valence-electron chi connectivity index (χ1n) is 6.29. The second-order valence-corrected chi connectivity index (χ2v) is 6.83. The predicted molar refractivity (Wildman–Crippen MR) is 73.0 cm³/mol. The van der Waals surface area contributed by atoms with Crippen LogP contribution in [0.3, 0.4) is 0 Å². The number of likely N-dealkylation sites (tertiary alicyclic amines) is 1. The number of piperidine rings is 1. The van der Waals surface area contributed by atoms with Crippen molar-refractivity contribution in [1.29, 1.82) is 0 Å². The second kappa shape index (κ2) is 7.57. The quantitative estimate of drug-likeness (QED) is 0.596. The van der Waals surface area contributed by atoms with Crippen LogP contribution in [0.4, 0.5) is 4.79 Å². The molecule has 0 aromatic rings. The van der Waals surface area contributed by atoms with E-state index >= 15 is 0 Å². The van der Waals surface area contributed by atoms with Crippen molar-refractivity contribution in [3.05, 3.63) is 12.2 Å². The van der Waals surface area contributed by atoms with E-state index in [0.717, 1.165) is 0 Å². The van der Waals surface area contributed by atoms with Gasteiger partial charge in [-0.2, -0.15) is 0 Å². The second-order valence-electron chi connectivity index (χ2n) is 4.57. The van der Waals surface area contributed by atoms with Gasteiger partial charge in [-0.15, -0.1) is 0 Å². The van der Waals surface area contributed by atoms with E-state index in [2.05, 4.69) is 0 Å². The molecule has 0 atom stereocenters. The van der Waals surface area contributed by atoms with Crippen LogP contribution in [-0.4, -0.2) is 55.4 Å². The molecule has 0 aromatic carbocycles. The number of carboxylic acid groups (broad SMARTS) is 1. The Morgan fingerprint density at radius 3 is 2.30 bits per heavy atom. The smallest absolute Gasteiger partial charge is 0.407 e. The number of allylic oxidation sites excluding steroid dienone is 2. The lowest BCUT2D eigenvalue weighted by atomic mass is 9.96. The Morgan fingerprint density at radius 2 is 1.85 bits per heavy atom. The normalized spacial score (nSPS) is 17.6. The third-order valence-corrected chi connectivity index (χ3v) is 5.08. The fraction of sp³-hybridized carbons (Fsp3) is 0.667. The lowest BCUT2D eigenvalue weighted by molar-refractivity contribution is -0.112. The SMILES string of the molecule is COP(=O)(CC(=O)/C=C/C1CCN(C(=O)O)CC1)OC. The summed E-state index contributed by atoms with van der Waals surface area (Å²) in [6, 6.07) is 0. The summed E-state index contributed by atoms with van der Waals surface area (Å²) in [5, 5.41) is 8.82. The molecule has 1 N–H and O–H groups in total. The van der Waals surface area contributed by atoms with Gasteiger partial charge in [0.1, 0.15) is 6.16 Å². The Balaban J connectivity index is 2.43. The summed E-state index contributed by atoms with van der Waals surface area (Å²) in [5.41, 5.74) is 0. The van der Waals surface area contributed by atoms with E-state index in [1.54, 1.807) is 6.08 Å². The summed E-state index contributed by atoms with van der Waals surface area (Å²) in [6.45, 7) is 0.931. The molecular weight excluding hydrogens is 285 g/mol. The first-order valence-corrected chi connectivity index (χ1v) is 8.02. The minimum Gasteiger partial charge on any atom is -0.465 e. The van der Waals surface area contributed by atoms with Gasteiger partial charge in [0, 0.05) is 27.3 Å². The van der Waals surface area contributed by atoms with Crippen LogP contribution in [0, 0.1) is 5.92 Å².